The molecule has 11 nitrogen and oxygen atoms in total. The lowest BCUT2D eigenvalue weighted by Gasteiger charge is -2.21. The Morgan fingerprint density at radius 1 is 0.476 bits per heavy atom. The molecular formula is C69H52Cl3N7O4S. The van der Waals surface area contributed by atoms with Gasteiger partial charge in [0, 0.05) is 37.3 Å². The predicted octanol–water partition coefficient (Wildman–Crippen LogP) is 15.5. The molecule has 0 aliphatic rings. The van der Waals surface area contributed by atoms with Crippen molar-refractivity contribution in [2.75, 3.05) is 11.0 Å². The zero-order valence-corrected chi connectivity index (χ0v) is 48.8. The Morgan fingerprint density at radius 2 is 0.833 bits per heavy atom. The fourth-order valence-electron chi connectivity index (χ4n) is 9.12. The number of para-hydroxylation sites is 1. The molecule has 0 saturated carbocycles. The molecule has 0 spiro atoms. The summed E-state index contributed by atoms with van der Waals surface area (Å²) in [6.45, 7) is 5.37. The van der Waals surface area contributed by atoms with Crippen molar-refractivity contribution in [2.45, 2.75) is 32.5 Å². The van der Waals surface area contributed by atoms with Crippen LogP contribution in [0.15, 0.2) is 200 Å². The van der Waals surface area contributed by atoms with Crippen LogP contribution in [0.3, 0.4) is 0 Å². The first-order chi connectivity index (χ1) is 40.4. The summed E-state index contributed by atoms with van der Waals surface area (Å²) in [7, 11) is -3.38. The fraction of sp³-hybridized carbons (Fsp3) is 0.0870. The summed E-state index contributed by atoms with van der Waals surface area (Å²) in [5, 5.41) is 22.6. The molecule has 1 unspecified atom stereocenters. The number of fused-ring (bicyclic) bond motifs is 3. The van der Waals surface area contributed by atoms with Crippen LogP contribution in [0.1, 0.15) is 72.2 Å². The standard InChI is InChI=1S/C24H19ClN2O.C23H17ClN2O.C22H16ClN3O2S/c1-24(2,28)20-6-4-3-5-19(20)17-10-13-21-22(15-17)27-23(26-21)14-9-16-7-11-18(25)12-8-16;1-15(27)19-4-2-3-5-20(19)17-9-12-21-22(14-17)26-23(25-21)13-8-16-6-10-18(24)11-7-16;1-29(27,28)26-19-5-3-2-4-18(19)16-9-12-20-21(14-16)25-22(24-20)13-8-15-6-10-17(23)11-7-15/h3-8,10-13,15,28H,1-2H3,(H,26,27);2-7,9-12,14-15,27H,1H3,(H,25,26);2-7,9-12,14,26H,1H3,(H,24,25). The van der Waals surface area contributed by atoms with Gasteiger partial charge < -0.3 is 25.2 Å². The van der Waals surface area contributed by atoms with Crippen LogP contribution >= 0.6 is 34.8 Å². The number of nitrogens with one attached hydrogen (secondary N) is 4. The summed E-state index contributed by atoms with van der Waals surface area (Å²) in [4.78, 5) is 23.3. The zero-order chi connectivity index (χ0) is 59.0. The monoisotopic (exact) mass is 1180 g/mol. The number of halogens is 3. The highest BCUT2D eigenvalue weighted by molar-refractivity contribution is 7.92. The SMILES string of the molecule is CC(C)(O)c1ccccc1-c1ccc2nc(C#Cc3ccc(Cl)cc3)[nH]c2c1.CC(O)c1ccccc1-c1ccc2nc(C#Cc3ccc(Cl)cc3)[nH]c2c1.CS(=O)(=O)Nc1ccccc1-c1ccc2nc(C#Cc3ccc(Cl)cc3)[nH]c2c1. The second-order valence-electron chi connectivity index (χ2n) is 20.0. The van der Waals surface area contributed by atoms with E-state index in [1.54, 1.807) is 45.0 Å². The molecule has 0 radical (unpaired) electrons. The Kier molecular flexibility index (Phi) is 17.5. The molecule has 15 heteroatoms. The Morgan fingerprint density at radius 3 is 1.24 bits per heavy atom. The number of aromatic amines is 3. The smallest absolute Gasteiger partial charge is 0.229 e. The van der Waals surface area contributed by atoms with Gasteiger partial charge in [0.25, 0.3) is 0 Å². The zero-order valence-electron chi connectivity index (χ0n) is 45.7. The number of anilines is 1. The van der Waals surface area contributed by atoms with Crippen molar-refractivity contribution in [1.82, 2.24) is 29.9 Å². The third-order valence-corrected chi connectivity index (χ3v) is 14.5. The number of imidazole rings is 3. The molecular weight excluding hydrogens is 1130 g/mol. The second kappa shape index (κ2) is 25.4. The molecule has 0 bridgehead atoms. The van der Waals surface area contributed by atoms with E-state index in [0.29, 0.717) is 38.2 Å². The summed E-state index contributed by atoms with van der Waals surface area (Å²) < 4.78 is 25.9. The first kappa shape index (κ1) is 57.8. The van der Waals surface area contributed by atoms with Gasteiger partial charge in [0.05, 0.1) is 56.7 Å². The van der Waals surface area contributed by atoms with Gasteiger partial charge in [-0.2, -0.15) is 0 Å². The number of nitrogens with zero attached hydrogens (tertiary/aromatic N) is 3. The Balaban J connectivity index is 0.000000140. The van der Waals surface area contributed by atoms with Gasteiger partial charge in [-0.25, -0.2) is 23.4 Å². The number of sulfonamides is 1. The largest absolute Gasteiger partial charge is 0.389 e. The normalized spacial score (nSPS) is 11.4. The summed E-state index contributed by atoms with van der Waals surface area (Å²) >= 11 is 17.7. The van der Waals surface area contributed by atoms with Gasteiger partial charge in [0.1, 0.15) is 0 Å². The number of hydrogen-bond donors (Lipinski definition) is 6. The molecule has 9 aromatic carbocycles. The number of H-pyrrole nitrogens is 3. The third-order valence-electron chi connectivity index (χ3n) is 13.1. The summed E-state index contributed by atoms with van der Waals surface area (Å²) in [6, 6.07) is 62.8. The quantitative estimate of drug-likeness (QED) is 0.0862. The maximum Gasteiger partial charge on any atom is 0.229 e. The average Bonchev–Trinajstić information content (AvgIpc) is 4.22. The number of rotatable bonds is 7. The van der Waals surface area contributed by atoms with Crippen LogP contribution in [0.2, 0.25) is 15.1 Å². The number of aliphatic hydroxyl groups excluding tert-OH is 1. The number of aliphatic hydroxyl groups is 2. The van der Waals surface area contributed by atoms with Crippen LogP contribution in [0, 0.1) is 35.5 Å². The van der Waals surface area contributed by atoms with Crippen molar-refractivity contribution >= 4 is 83.6 Å². The van der Waals surface area contributed by atoms with Gasteiger partial charge in [0.2, 0.25) is 10.0 Å². The molecule has 0 saturated heterocycles. The molecule has 1 atom stereocenters. The van der Waals surface area contributed by atoms with Crippen molar-refractivity contribution in [1.29, 1.82) is 0 Å². The molecule has 0 aliphatic heterocycles. The first-order valence-electron chi connectivity index (χ1n) is 26.4. The van der Waals surface area contributed by atoms with Gasteiger partial charge in [0.15, 0.2) is 17.5 Å². The molecule has 0 aliphatic carbocycles. The maximum absolute atomic E-state index is 11.7. The maximum atomic E-state index is 11.7. The van der Waals surface area contributed by atoms with Crippen LogP contribution in [0.4, 0.5) is 5.69 Å². The Hall–Kier alpha value is -9.39. The van der Waals surface area contributed by atoms with Crippen molar-refractivity contribution < 1.29 is 18.6 Å². The highest BCUT2D eigenvalue weighted by atomic mass is 35.5. The lowest BCUT2D eigenvalue weighted by Crippen LogP contribution is -2.16. The second-order valence-corrected chi connectivity index (χ2v) is 23.1. The predicted molar refractivity (Wildman–Crippen MR) is 341 cm³/mol. The number of aromatic nitrogens is 6. The van der Waals surface area contributed by atoms with E-state index in [2.05, 4.69) is 70.1 Å². The van der Waals surface area contributed by atoms with E-state index in [4.69, 9.17) is 34.8 Å². The van der Waals surface area contributed by atoms with Crippen LogP contribution in [0.5, 0.6) is 0 Å². The van der Waals surface area contributed by atoms with E-state index >= 15 is 0 Å². The highest BCUT2D eigenvalue weighted by Gasteiger charge is 2.21. The molecule has 12 aromatic rings. The molecule has 414 valence electrons. The van der Waals surface area contributed by atoms with E-state index in [1.807, 2.05) is 176 Å². The number of benzene rings is 9. The van der Waals surface area contributed by atoms with Gasteiger partial charge in [-0.3, -0.25) is 4.72 Å². The molecule has 3 heterocycles. The third kappa shape index (κ3) is 14.8. The highest BCUT2D eigenvalue weighted by Crippen LogP contribution is 2.34. The fourth-order valence-corrected chi connectivity index (χ4v) is 10.1. The van der Waals surface area contributed by atoms with E-state index in [1.165, 1.54) is 0 Å². The lowest BCUT2D eigenvalue weighted by atomic mass is 9.89. The Bertz CT molecular complexity index is 4680. The molecule has 6 N–H and O–H groups in total. The number of hydrogen-bond acceptors (Lipinski definition) is 7. The van der Waals surface area contributed by atoms with Gasteiger partial charge in [-0.1, -0.05) is 137 Å². The lowest BCUT2D eigenvalue weighted by molar-refractivity contribution is 0.0792. The van der Waals surface area contributed by atoms with E-state index in [9.17, 15) is 18.6 Å². The van der Waals surface area contributed by atoms with Crippen molar-refractivity contribution in [3.8, 4) is 68.9 Å². The van der Waals surface area contributed by atoms with Crippen LogP contribution < -0.4 is 4.72 Å². The minimum Gasteiger partial charge on any atom is -0.389 e. The van der Waals surface area contributed by atoms with Crippen molar-refractivity contribution in [3.05, 3.63) is 261 Å². The minimum absolute atomic E-state index is 0.525. The molecule has 0 amide bonds. The van der Waals surface area contributed by atoms with Crippen LogP contribution in [0.25, 0.3) is 66.5 Å². The first-order valence-corrected chi connectivity index (χ1v) is 29.4. The minimum atomic E-state index is -3.38. The molecule has 12 rings (SSSR count). The summed E-state index contributed by atoms with van der Waals surface area (Å²) in [6.07, 6.45) is 0.604. The topological polar surface area (TPSA) is 173 Å². The molecule has 84 heavy (non-hydrogen) atoms. The van der Waals surface area contributed by atoms with E-state index in [-0.39, 0.29) is 0 Å². The average molecular weight is 1180 g/mol. The van der Waals surface area contributed by atoms with Crippen LogP contribution in [-0.2, 0) is 15.6 Å². The van der Waals surface area contributed by atoms with Gasteiger partial charge in [-0.15, -0.1) is 0 Å². The van der Waals surface area contributed by atoms with Gasteiger partial charge in [-0.05, 0) is 193 Å². The van der Waals surface area contributed by atoms with Crippen molar-refractivity contribution in [2.24, 2.45) is 0 Å². The summed E-state index contributed by atoms with van der Waals surface area (Å²) in [5.74, 6) is 20.1. The molecule has 0 fully saturated rings. The molecule has 3 aromatic heterocycles. The van der Waals surface area contributed by atoms with Crippen LogP contribution in [-0.4, -0.2) is 54.8 Å². The van der Waals surface area contributed by atoms with E-state index in [0.717, 1.165) is 101 Å². The van der Waals surface area contributed by atoms with Gasteiger partial charge >= 0.3 is 0 Å². The Labute approximate surface area is 501 Å². The van der Waals surface area contributed by atoms with Crippen molar-refractivity contribution in [3.63, 3.8) is 0 Å². The summed E-state index contributed by atoms with van der Waals surface area (Å²) in [5.41, 5.74) is 14.8. The van der Waals surface area contributed by atoms with E-state index < -0.39 is 21.7 Å².